The number of aromatic carboxylic acids is 1. The first-order valence-electron chi connectivity index (χ1n) is 37.6. The topological polar surface area (TPSA) is 488 Å². The first-order valence-corrected chi connectivity index (χ1v) is 42.1. The SMILES string of the molecule is CCOC(CN)OCC.CCOC(CNC(=O)c1ccc(OC)c(OC)c1)OCC.COc1cc2cc[nH]c(=O)c2cc1OC.COc1cc2ccnc(N3CCC(CCNS(N)(=O)=O)CC3)c2cc1OC.COc1cc2ccnc(OS(=O)(=O)C(F)(F)F)c2cc1OC.COc1ccc(C(=O)O)cc1OC.NS(=O)(=O)NCCC1CC[NH2+]CC1.[Cl-]. The van der Waals surface area contributed by atoms with Gasteiger partial charge >= 0.3 is 21.6 Å². The number of ether oxygens (including phenoxy) is 14. The fraction of sp³-hybridized carbons (Fsp3) is 0.474. The summed E-state index contributed by atoms with van der Waals surface area (Å²) in [6.45, 7) is 15.6. The van der Waals surface area contributed by atoms with Crippen molar-refractivity contribution in [1.29, 1.82) is 0 Å². The molecule has 0 spiro atoms. The van der Waals surface area contributed by atoms with Gasteiger partial charge in [0.05, 0.1) is 102 Å². The molecule has 0 radical (unpaired) electrons. The molecule has 8 aromatic rings. The van der Waals surface area contributed by atoms with Gasteiger partial charge in [0.25, 0.3) is 31.9 Å². The summed E-state index contributed by atoms with van der Waals surface area (Å²) in [6, 6.07) is 24.8. The Balaban J connectivity index is 0.000000373. The molecule has 0 atom stereocenters. The van der Waals surface area contributed by atoms with Crippen LogP contribution in [-0.2, 0) is 49.5 Å². The second-order valence-electron chi connectivity index (χ2n) is 25.5. The minimum absolute atomic E-state index is 0. The van der Waals surface area contributed by atoms with Crippen LogP contribution in [0.15, 0.2) is 114 Å². The molecule has 0 saturated carbocycles. The molecule has 0 bridgehead atoms. The number of piperidine rings is 2. The van der Waals surface area contributed by atoms with Crippen LogP contribution in [0.3, 0.4) is 0 Å². The minimum Gasteiger partial charge on any atom is -1.00 e. The molecule has 121 heavy (non-hydrogen) atoms. The van der Waals surface area contributed by atoms with Crippen LogP contribution >= 0.6 is 0 Å². The molecule has 2 aliphatic heterocycles. The number of rotatable bonds is 34. The number of quaternary nitrogens is 1. The number of nitrogens with one attached hydrogen (secondary N) is 4. The monoisotopic (exact) mass is 1790 g/mol. The highest BCUT2D eigenvalue weighted by Crippen LogP contribution is 2.40. The van der Waals surface area contributed by atoms with Crippen molar-refractivity contribution >= 4 is 80.5 Å². The Morgan fingerprint density at radius 3 is 1.36 bits per heavy atom. The molecule has 36 nitrogen and oxygen atoms in total. The molecule has 5 heterocycles. The molecule has 1 amide bonds. The maximum Gasteiger partial charge on any atom is 0.534 e. The second kappa shape index (κ2) is 53.9. The van der Waals surface area contributed by atoms with Crippen LogP contribution < -0.4 is 111 Å². The number of hydrogen-bond donors (Lipinski definition) is 9. The van der Waals surface area contributed by atoms with Crippen LogP contribution in [0.25, 0.3) is 32.3 Å². The van der Waals surface area contributed by atoms with E-state index in [1.807, 2.05) is 58.2 Å². The smallest absolute Gasteiger partial charge is 0.534 e. The number of halogens is 4. The van der Waals surface area contributed by atoms with Gasteiger partial charge in [0.15, 0.2) is 70.1 Å². The third-order valence-electron chi connectivity index (χ3n) is 17.7. The lowest BCUT2D eigenvalue weighted by atomic mass is 9.93. The molecule has 5 aromatic carbocycles. The average molecular weight is 1790 g/mol. The summed E-state index contributed by atoms with van der Waals surface area (Å²) in [6.07, 6.45) is 9.93. The van der Waals surface area contributed by atoms with Crippen LogP contribution in [0.1, 0.15) is 86.9 Å². The van der Waals surface area contributed by atoms with Crippen LogP contribution in [0.4, 0.5) is 19.0 Å². The number of methoxy groups -OCH3 is 10. The van der Waals surface area contributed by atoms with E-state index in [1.165, 1.54) is 91.8 Å². The third-order valence-corrected chi connectivity index (χ3v) is 19.9. The lowest BCUT2D eigenvalue weighted by Crippen LogP contribution is -3.00. The number of anilines is 1. The molecule has 2 aliphatic rings. The van der Waals surface area contributed by atoms with Crippen molar-refractivity contribution in [3.05, 3.63) is 131 Å². The zero-order chi connectivity index (χ0) is 89.2. The van der Waals surface area contributed by atoms with E-state index in [4.69, 9.17) is 87.4 Å². The highest BCUT2D eigenvalue weighted by molar-refractivity contribution is 7.88. The van der Waals surface area contributed by atoms with Crippen molar-refractivity contribution in [2.45, 2.75) is 84.3 Å². The van der Waals surface area contributed by atoms with Gasteiger partial charge in [0, 0.05) is 94.1 Å². The van der Waals surface area contributed by atoms with Crippen molar-refractivity contribution in [3.8, 4) is 63.4 Å². The number of carboxylic acid groups (broad SMARTS) is 1. The van der Waals surface area contributed by atoms with E-state index in [0.29, 0.717) is 126 Å². The Labute approximate surface area is 709 Å². The highest BCUT2D eigenvalue weighted by atomic mass is 35.5. The van der Waals surface area contributed by atoms with E-state index in [9.17, 15) is 52.8 Å². The van der Waals surface area contributed by atoms with E-state index in [1.54, 1.807) is 78.1 Å². The van der Waals surface area contributed by atoms with E-state index in [0.717, 1.165) is 66.9 Å². The minimum atomic E-state index is -5.81. The largest absolute Gasteiger partial charge is 1.00 e. The number of pyridine rings is 3. The number of aromatic nitrogens is 3. The summed E-state index contributed by atoms with van der Waals surface area (Å²) < 4.78 is 183. The van der Waals surface area contributed by atoms with Crippen LogP contribution in [0.5, 0.6) is 63.4 Å². The molecule has 10 rings (SSSR count). The number of amides is 1. The maximum absolute atomic E-state index is 12.4. The average Bonchev–Trinajstić information content (AvgIpc) is 0.788. The number of carbonyl (C=O) groups is 2. The maximum atomic E-state index is 12.4. The van der Waals surface area contributed by atoms with E-state index in [-0.39, 0.29) is 53.4 Å². The molecular weight excluding hydrogens is 1680 g/mol. The fourth-order valence-corrected chi connectivity index (χ4v) is 13.0. The van der Waals surface area contributed by atoms with Crippen molar-refractivity contribution in [1.82, 2.24) is 29.7 Å². The van der Waals surface area contributed by atoms with Gasteiger partial charge in [-0.1, -0.05) is 0 Å². The van der Waals surface area contributed by atoms with Gasteiger partial charge in [0.2, 0.25) is 5.88 Å². The lowest BCUT2D eigenvalue weighted by Gasteiger charge is -2.33. The van der Waals surface area contributed by atoms with E-state index >= 15 is 0 Å². The van der Waals surface area contributed by atoms with Gasteiger partial charge < -0.3 is 114 Å². The van der Waals surface area contributed by atoms with Gasteiger partial charge in [0.1, 0.15) is 5.82 Å². The Hall–Kier alpha value is -9.80. The standard InChI is InChI=1S/C18H26N4O4S.C15H23NO5.C12H10F3NO5S.C11H11NO3.C9H10O4.C7H17N3O2S.C6H15NO2.ClH/c1-25-16-11-14-4-7-20-18(15(14)12-17(16)26-2)22-9-5-13(6-10-22)3-8-21-27(19,23)24;1-5-20-14(21-6-2)10-16-15(17)11-7-8-12(18-3)13(9-11)19-4;1-19-9-5-7-3-4-16-11(8(7)6-10(9)20-2)21-22(17,18)12(13,14)15;1-14-9-5-7-3-4-12-11(13)8(7)6-10(9)15-2;1-12-7-4-3-6(9(10)11)5-8(7)13-2;8-13(11,12)10-6-3-7-1-4-9-5-2-7;1-3-8-6(5-7)9-4-2;/h4,7,11-13,21H,3,5-6,8-10H2,1-2H3,(H2,19,23,24);7-9,14H,5-6,10H2,1-4H3,(H,16,17);3-6H,1-2H3;3-6H,1-2H3,(H,12,13);3-5H,1-2H3,(H,10,11);7,9-10H,1-6H2,(H2,8,11,12);6H,3-5,7H2,1-2H3;1H. The van der Waals surface area contributed by atoms with E-state index in [2.05, 4.69) is 44.1 Å². The molecule has 2 saturated heterocycles. The van der Waals surface area contributed by atoms with E-state index < -0.39 is 54.2 Å². The number of nitrogens with zero attached hydrogens (tertiary/aromatic N) is 3. The lowest BCUT2D eigenvalue weighted by molar-refractivity contribution is -0.664. The summed E-state index contributed by atoms with van der Waals surface area (Å²) in [5.41, 5.74) is 0.280. The number of hydrogen-bond acceptors (Lipinski definition) is 28. The van der Waals surface area contributed by atoms with Gasteiger partial charge in [-0.25, -0.2) is 34.5 Å². The van der Waals surface area contributed by atoms with Crippen molar-refractivity contribution in [3.63, 3.8) is 0 Å². The predicted octanol–water partition coefficient (Wildman–Crippen LogP) is 4.40. The van der Waals surface area contributed by atoms with Gasteiger partial charge in [-0.15, -0.1) is 0 Å². The molecule has 3 aromatic heterocycles. The van der Waals surface area contributed by atoms with Gasteiger partial charge in [-0.3, -0.25) is 9.59 Å². The Morgan fingerprint density at radius 2 is 0.926 bits per heavy atom. The number of aromatic amines is 1. The first kappa shape index (κ1) is 105. The second-order valence-corrected chi connectivity index (χ2v) is 29.8. The zero-order valence-electron chi connectivity index (χ0n) is 70.1. The number of carboxylic acids is 1. The molecule has 2 fully saturated rings. The van der Waals surface area contributed by atoms with Crippen LogP contribution in [0.2, 0.25) is 0 Å². The number of benzene rings is 5. The molecule has 0 aliphatic carbocycles. The number of alkyl halides is 3. The van der Waals surface area contributed by atoms with Crippen molar-refractivity contribution in [2.24, 2.45) is 27.8 Å². The normalized spacial score (nSPS) is 12.9. The predicted molar refractivity (Wildman–Crippen MR) is 445 cm³/mol. The molecule has 43 heteroatoms. The summed E-state index contributed by atoms with van der Waals surface area (Å²) >= 11 is 0. The molecule has 13 N–H and O–H groups in total. The van der Waals surface area contributed by atoms with Gasteiger partial charge in [-0.05, 0) is 185 Å². The Morgan fingerprint density at radius 1 is 0.537 bits per heavy atom. The van der Waals surface area contributed by atoms with Crippen molar-refractivity contribution < 1.29 is 141 Å². The van der Waals surface area contributed by atoms with Crippen LogP contribution in [-0.4, -0.2) is 225 Å². The highest BCUT2D eigenvalue weighted by Gasteiger charge is 2.49. The zero-order valence-corrected chi connectivity index (χ0v) is 73.3. The number of nitrogens with two attached hydrogens (primary N) is 4. The molecule has 676 valence electrons. The fourth-order valence-electron chi connectivity index (χ4n) is 11.8. The summed E-state index contributed by atoms with van der Waals surface area (Å²) in [5, 5.41) is 27.4. The quantitative estimate of drug-likeness (QED) is 0.0153. The Bertz CT molecular complexity index is 4890. The molecule has 0 unspecified atom stereocenters. The summed E-state index contributed by atoms with van der Waals surface area (Å²) in [7, 11) is 2.21. The third kappa shape index (κ3) is 35.3. The van der Waals surface area contributed by atoms with Crippen molar-refractivity contribution in [2.75, 3.05) is 155 Å². The number of H-pyrrole nitrogens is 1. The summed E-state index contributed by atoms with van der Waals surface area (Å²) in [5.74, 6) is 5.28. The summed E-state index contributed by atoms with van der Waals surface area (Å²) in [4.78, 5) is 47.2. The number of fused-ring (bicyclic) bond motifs is 3. The first-order chi connectivity index (χ1) is 57.1. The number of carbonyl (C=O) groups excluding carboxylic acids is 1. The van der Waals surface area contributed by atoms with Gasteiger partial charge in [-0.2, -0.15) is 38.4 Å². The molecular formula is C78H113ClF3N11O25S3. The van der Waals surface area contributed by atoms with Crippen LogP contribution in [0, 0.1) is 11.8 Å². The Kier molecular flexibility index (Phi) is 46.9.